The van der Waals surface area contributed by atoms with E-state index in [0.717, 1.165) is 25.7 Å². The third-order valence-electron chi connectivity index (χ3n) is 5.06. The van der Waals surface area contributed by atoms with Crippen molar-refractivity contribution in [1.82, 2.24) is 5.32 Å². The Bertz CT molecular complexity index is 966. The van der Waals surface area contributed by atoms with Crippen LogP contribution in [0.25, 0.3) is 0 Å². The second-order valence-corrected chi connectivity index (χ2v) is 8.02. The molecular weight excluding hydrogens is 391 g/mol. The first-order chi connectivity index (χ1) is 14.1. The first-order valence-electron chi connectivity index (χ1n) is 9.60. The minimum Gasteiger partial charge on any atom is -0.459 e. The minimum absolute atomic E-state index is 0.0875. The summed E-state index contributed by atoms with van der Waals surface area (Å²) in [5.41, 5.74) is 0.298. The van der Waals surface area contributed by atoms with Crippen LogP contribution in [0.2, 0.25) is 0 Å². The first-order valence-corrected chi connectivity index (χ1v) is 10.5. The number of amides is 2. The fourth-order valence-corrected chi connectivity index (χ4v) is 4.51. The van der Waals surface area contributed by atoms with Gasteiger partial charge in [0.1, 0.15) is 5.82 Å². The molecule has 1 aliphatic rings. The van der Waals surface area contributed by atoms with E-state index >= 15 is 0 Å². The van der Waals surface area contributed by atoms with Crippen LogP contribution in [-0.4, -0.2) is 17.9 Å². The van der Waals surface area contributed by atoms with Gasteiger partial charge in [-0.2, -0.15) is 0 Å². The highest BCUT2D eigenvalue weighted by atomic mass is 32.1. The van der Waals surface area contributed by atoms with E-state index in [2.05, 4.69) is 5.32 Å². The second kappa shape index (κ2) is 8.61. The Morgan fingerprint density at radius 2 is 1.97 bits per heavy atom. The largest absolute Gasteiger partial charge is 0.459 e. The monoisotopic (exact) mass is 412 g/mol. The number of carbonyl (C=O) groups excluding carboxylic acids is 2. The summed E-state index contributed by atoms with van der Waals surface area (Å²) in [5, 5.41) is 4.94. The number of hydrogen-bond donors (Lipinski definition) is 1. The lowest BCUT2D eigenvalue weighted by atomic mass is 10.1. The summed E-state index contributed by atoms with van der Waals surface area (Å²) in [7, 11) is 0. The maximum Gasteiger partial charge on any atom is 0.295 e. The molecule has 0 bridgehead atoms. The fraction of sp³-hybridized carbons (Fsp3) is 0.273. The molecule has 1 aromatic carbocycles. The molecule has 1 aliphatic carbocycles. The minimum atomic E-state index is -0.921. The number of rotatable bonds is 6. The Labute approximate surface area is 172 Å². The van der Waals surface area contributed by atoms with Gasteiger partial charge in [-0.3, -0.25) is 14.5 Å². The summed E-state index contributed by atoms with van der Waals surface area (Å²) >= 11 is 1.38. The first kappa shape index (κ1) is 19.4. The molecular formula is C22H21FN2O3S. The van der Waals surface area contributed by atoms with E-state index in [-0.39, 0.29) is 17.7 Å². The normalized spacial score (nSPS) is 15.2. The average molecular weight is 412 g/mol. The van der Waals surface area contributed by atoms with E-state index in [1.165, 1.54) is 46.8 Å². The van der Waals surface area contributed by atoms with Gasteiger partial charge in [-0.25, -0.2) is 4.39 Å². The van der Waals surface area contributed by atoms with Gasteiger partial charge >= 0.3 is 0 Å². The molecule has 0 aliphatic heterocycles. The Kier molecular flexibility index (Phi) is 5.76. The average Bonchev–Trinajstić information content (AvgIpc) is 3.49. The van der Waals surface area contributed by atoms with Gasteiger partial charge < -0.3 is 9.73 Å². The Morgan fingerprint density at radius 1 is 1.14 bits per heavy atom. The summed E-state index contributed by atoms with van der Waals surface area (Å²) in [6, 6.07) is 11.7. The molecule has 29 heavy (non-hydrogen) atoms. The Balaban J connectivity index is 1.77. The van der Waals surface area contributed by atoms with Crippen LogP contribution in [0.5, 0.6) is 0 Å². The van der Waals surface area contributed by atoms with Gasteiger partial charge in [0.15, 0.2) is 11.8 Å². The molecule has 0 saturated heterocycles. The van der Waals surface area contributed by atoms with Crippen LogP contribution in [0.3, 0.4) is 0 Å². The van der Waals surface area contributed by atoms with Gasteiger partial charge in [0.25, 0.3) is 5.91 Å². The van der Waals surface area contributed by atoms with Crippen LogP contribution < -0.4 is 10.2 Å². The number of benzene rings is 1. The van der Waals surface area contributed by atoms with Crippen LogP contribution in [0.15, 0.2) is 64.6 Å². The van der Waals surface area contributed by atoms with Gasteiger partial charge in [0.05, 0.1) is 6.26 Å². The molecule has 7 heteroatoms. The molecule has 0 unspecified atom stereocenters. The van der Waals surface area contributed by atoms with Gasteiger partial charge in [0, 0.05) is 16.6 Å². The van der Waals surface area contributed by atoms with Crippen molar-refractivity contribution in [3.05, 3.63) is 76.6 Å². The van der Waals surface area contributed by atoms with Crippen LogP contribution >= 0.6 is 11.3 Å². The molecule has 0 spiro atoms. The number of furan rings is 1. The predicted molar refractivity (Wildman–Crippen MR) is 109 cm³/mol. The second-order valence-electron chi connectivity index (χ2n) is 7.04. The maximum absolute atomic E-state index is 14.0. The molecule has 4 rings (SSSR count). The molecule has 3 aromatic rings. The molecule has 1 saturated carbocycles. The van der Waals surface area contributed by atoms with Crippen molar-refractivity contribution < 1.29 is 18.4 Å². The smallest absolute Gasteiger partial charge is 0.295 e. The summed E-state index contributed by atoms with van der Waals surface area (Å²) in [5.74, 6) is -1.17. The van der Waals surface area contributed by atoms with E-state index in [1.54, 1.807) is 12.1 Å². The van der Waals surface area contributed by atoms with E-state index in [9.17, 15) is 14.0 Å². The number of hydrogen-bond acceptors (Lipinski definition) is 4. The summed E-state index contributed by atoms with van der Waals surface area (Å²) < 4.78 is 19.3. The fourth-order valence-electron chi connectivity index (χ4n) is 3.70. The lowest BCUT2D eigenvalue weighted by Gasteiger charge is -2.31. The summed E-state index contributed by atoms with van der Waals surface area (Å²) in [6.07, 6.45) is 5.40. The topological polar surface area (TPSA) is 62.6 Å². The van der Waals surface area contributed by atoms with Crippen LogP contribution in [0.4, 0.5) is 10.1 Å². The number of carbonyl (C=O) groups is 2. The van der Waals surface area contributed by atoms with Crippen LogP contribution in [0.1, 0.15) is 47.2 Å². The third kappa shape index (κ3) is 4.24. The number of halogens is 1. The van der Waals surface area contributed by atoms with E-state index < -0.39 is 17.8 Å². The van der Waals surface area contributed by atoms with E-state index in [0.29, 0.717) is 10.6 Å². The van der Waals surface area contributed by atoms with Gasteiger partial charge in [-0.15, -0.1) is 11.3 Å². The highest BCUT2D eigenvalue weighted by molar-refractivity contribution is 7.10. The molecule has 1 fully saturated rings. The number of nitrogens with one attached hydrogen (secondary N) is 1. The van der Waals surface area contributed by atoms with Crippen LogP contribution in [0, 0.1) is 5.82 Å². The van der Waals surface area contributed by atoms with Crippen molar-refractivity contribution in [3.8, 4) is 0 Å². The number of nitrogens with zero attached hydrogens (tertiary/aromatic N) is 1. The molecule has 0 radical (unpaired) electrons. The van der Waals surface area contributed by atoms with Gasteiger partial charge in [-0.1, -0.05) is 25.0 Å². The van der Waals surface area contributed by atoms with Crippen LogP contribution in [-0.2, 0) is 4.79 Å². The Morgan fingerprint density at radius 3 is 2.62 bits per heavy atom. The van der Waals surface area contributed by atoms with Crippen molar-refractivity contribution in [2.75, 3.05) is 4.90 Å². The zero-order valence-corrected chi connectivity index (χ0v) is 16.5. The van der Waals surface area contributed by atoms with Crippen molar-refractivity contribution in [2.24, 2.45) is 0 Å². The van der Waals surface area contributed by atoms with Gasteiger partial charge in [0.2, 0.25) is 5.91 Å². The summed E-state index contributed by atoms with van der Waals surface area (Å²) in [4.78, 5) is 28.7. The summed E-state index contributed by atoms with van der Waals surface area (Å²) in [6.45, 7) is 0. The zero-order chi connectivity index (χ0) is 20.2. The molecule has 2 heterocycles. The highest BCUT2D eigenvalue weighted by Gasteiger charge is 2.36. The molecule has 2 aromatic heterocycles. The molecule has 5 nitrogen and oxygen atoms in total. The standard InChI is InChI=1S/C22H21FN2O3S/c23-15-6-3-9-17(14-15)25(22(27)18-10-4-12-28-18)20(19-11-5-13-29-19)21(26)24-16-7-1-2-8-16/h3-6,9-14,16,20H,1-2,7-8H2,(H,24,26)/t20-/m0/s1. The van der Waals surface area contributed by atoms with Crippen molar-refractivity contribution in [3.63, 3.8) is 0 Å². The highest BCUT2D eigenvalue weighted by Crippen LogP contribution is 2.33. The van der Waals surface area contributed by atoms with Crippen molar-refractivity contribution in [1.29, 1.82) is 0 Å². The number of thiophene rings is 1. The maximum atomic E-state index is 14.0. The van der Waals surface area contributed by atoms with E-state index in [1.807, 2.05) is 17.5 Å². The zero-order valence-electron chi connectivity index (χ0n) is 15.7. The molecule has 2 amide bonds. The predicted octanol–water partition coefficient (Wildman–Crippen LogP) is 4.93. The SMILES string of the molecule is O=C(NC1CCCC1)[C@H](c1cccs1)N(C(=O)c1ccco1)c1cccc(F)c1. The number of anilines is 1. The third-order valence-corrected chi connectivity index (χ3v) is 5.98. The lowest BCUT2D eigenvalue weighted by Crippen LogP contribution is -2.46. The van der Waals surface area contributed by atoms with Crippen molar-refractivity contribution in [2.45, 2.75) is 37.8 Å². The quantitative estimate of drug-likeness (QED) is 0.625. The van der Waals surface area contributed by atoms with Crippen molar-refractivity contribution >= 4 is 28.8 Å². The molecule has 150 valence electrons. The van der Waals surface area contributed by atoms with Gasteiger partial charge in [-0.05, 0) is 54.6 Å². The molecule has 1 atom stereocenters. The lowest BCUT2D eigenvalue weighted by molar-refractivity contribution is -0.123. The Hall–Kier alpha value is -2.93. The molecule has 1 N–H and O–H groups in total. The van der Waals surface area contributed by atoms with E-state index in [4.69, 9.17) is 4.42 Å².